The molecule has 5 nitrogen and oxygen atoms in total. The number of anilines is 1. The Bertz CT molecular complexity index is 620. The van der Waals surface area contributed by atoms with E-state index in [0.29, 0.717) is 4.47 Å². The van der Waals surface area contributed by atoms with Crippen LogP contribution < -0.4 is 10.0 Å². The summed E-state index contributed by atoms with van der Waals surface area (Å²) in [5, 5.41) is 4.96. The molecule has 1 atom stereocenters. The summed E-state index contributed by atoms with van der Waals surface area (Å²) in [6.07, 6.45) is 0.0579. The maximum atomic E-state index is 13.7. The molecule has 1 aromatic carbocycles. The minimum absolute atomic E-state index is 0.0579. The molecule has 0 spiro atoms. The predicted octanol–water partition coefficient (Wildman–Crippen LogP) is 1.23. The smallest absolute Gasteiger partial charge is 0.227 e. The second kappa shape index (κ2) is 5.18. The van der Waals surface area contributed by atoms with Gasteiger partial charge in [0.15, 0.2) is 0 Å². The molecule has 1 aliphatic rings. The molecule has 1 fully saturated rings. The van der Waals surface area contributed by atoms with Gasteiger partial charge in [-0.05, 0) is 18.2 Å². The first-order valence-corrected chi connectivity index (χ1v) is 8.03. The van der Waals surface area contributed by atoms with Crippen molar-refractivity contribution >= 4 is 37.5 Å². The Balaban J connectivity index is 2.23. The Morgan fingerprint density at radius 1 is 1.47 bits per heavy atom. The second-order valence-corrected chi connectivity index (χ2v) is 7.07. The molecule has 1 saturated heterocycles. The Hall–Kier alpha value is -0.990. The number of amides is 1. The van der Waals surface area contributed by atoms with Crippen molar-refractivity contribution in [2.24, 2.45) is 11.1 Å². The van der Waals surface area contributed by atoms with Gasteiger partial charge >= 0.3 is 0 Å². The number of nitrogens with two attached hydrogens (primary N) is 1. The molecule has 1 heterocycles. The van der Waals surface area contributed by atoms with Crippen molar-refractivity contribution < 1.29 is 17.6 Å². The maximum Gasteiger partial charge on any atom is 0.227 e. The first-order chi connectivity index (χ1) is 8.76. The van der Waals surface area contributed by atoms with Crippen molar-refractivity contribution in [3.63, 3.8) is 0 Å². The van der Waals surface area contributed by atoms with Crippen LogP contribution in [0, 0.1) is 11.7 Å². The van der Waals surface area contributed by atoms with Gasteiger partial charge in [-0.3, -0.25) is 4.79 Å². The fourth-order valence-electron chi connectivity index (χ4n) is 2.15. The molecule has 0 saturated carbocycles. The molecule has 0 radical (unpaired) electrons. The average Bonchev–Trinajstić information content (AvgIpc) is 2.60. The number of primary sulfonamides is 1. The monoisotopic (exact) mass is 350 g/mol. The lowest BCUT2D eigenvalue weighted by atomic mass is 10.1. The standard InChI is InChI=1S/C11H12BrFN2O3S/c12-8-1-2-9(13)10(4-8)15-5-7(3-11(15)16)6-19(14,17)18/h1-2,4,7H,3,5-6H2,(H2,14,17,18). The summed E-state index contributed by atoms with van der Waals surface area (Å²) in [5.74, 6) is -1.50. The average molecular weight is 351 g/mol. The highest BCUT2D eigenvalue weighted by atomic mass is 79.9. The van der Waals surface area contributed by atoms with Crippen LogP contribution in [0.5, 0.6) is 0 Å². The lowest BCUT2D eigenvalue weighted by Crippen LogP contribution is -2.28. The molecule has 8 heteroatoms. The van der Waals surface area contributed by atoms with Crippen LogP contribution in [0.1, 0.15) is 6.42 Å². The van der Waals surface area contributed by atoms with Gasteiger partial charge in [0, 0.05) is 23.4 Å². The van der Waals surface area contributed by atoms with E-state index in [1.165, 1.54) is 23.1 Å². The van der Waals surface area contributed by atoms with E-state index in [0.717, 1.165) is 0 Å². The molecule has 1 aromatic rings. The molecule has 2 N–H and O–H groups in total. The summed E-state index contributed by atoms with van der Waals surface area (Å²) in [6.45, 7) is 0.155. The van der Waals surface area contributed by atoms with Gasteiger partial charge in [-0.2, -0.15) is 0 Å². The third-order valence-corrected chi connectivity index (χ3v) is 4.30. The second-order valence-electron chi connectivity index (χ2n) is 4.50. The SMILES string of the molecule is NS(=O)(=O)CC1CC(=O)N(c2cc(Br)ccc2F)C1. The summed E-state index contributed by atoms with van der Waals surface area (Å²) in [5.41, 5.74) is 0.149. The number of nitrogens with zero attached hydrogens (tertiary/aromatic N) is 1. The molecule has 0 bridgehead atoms. The number of rotatable bonds is 3. The maximum absolute atomic E-state index is 13.7. The van der Waals surface area contributed by atoms with Gasteiger partial charge in [0.1, 0.15) is 5.82 Å². The Morgan fingerprint density at radius 2 is 2.16 bits per heavy atom. The van der Waals surface area contributed by atoms with Gasteiger partial charge in [-0.25, -0.2) is 17.9 Å². The fourth-order valence-corrected chi connectivity index (χ4v) is 3.38. The number of carbonyl (C=O) groups is 1. The number of carbonyl (C=O) groups excluding carboxylic acids is 1. The fraction of sp³-hybridized carbons (Fsp3) is 0.364. The van der Waals surface area contributed by atoms with Gasteiger partial charge < -0.3 is 4.90 Å². The van der Waals surface area contributed by atoms with E-state index in [9.17, 15) is 17.6 Å². The molecule has 19 heavy (non-hydrogen) atoms. The zero-order valence-electron chi connectivity index (χ0n) is 9.84. The van der Waals surface area contributed by atoms with E-state index >= 15 is 0 Å². The Morgan fingerprint density at radius 3 is 2.79 bits per heavy atom. The molecule has 0 aliphatic carbocycles. The van der Waals surface area contributed by atoms with E-state index in [1.807, 2.05) is 0 Å². The molecule has 2 rings (SSSR count). The molecule has 0 aromatic heterocycles. The first kappa shape index (κ1) is 14.4. The zero-order chi connectivity index (χ0) is 14.2. The van der Waals surface area contributed by atoms with Crippen LogP contribution in [0.3, 0.4) is 0 Å². The minimum Gasteiger partial charge on any atom is -0.309 e. The molecule has 1 amide bonds. The highest BCUT2D eigenvalue weighted by Crippen LogP contribution is 2.30. The normalized spacial score (nSPS) is 20.1. The van der Waals surface area contributed by atoms with Crippen molar-refractivity contribution in [3.8, 4) is 0 Å². The van der Waals surface area contributed by atoms with Gasteiger partial charge in [-0.1, -0.05) is 15.9 Å². The van der Waals surface area contributed by atoms with Crippen LogP contribution in [0.15, 0.2) is 22.7 Å². The lowest BCUT2D eigenvalue weighted by Gasteiger charge is -2.17. The van der Waals surface area contributed by atoms with E-state index in [1.54, 1.807) is 0 Å². The van der Waals surface area contributed by atoms with Gasteiger partial charge in [-0.15, -0.1) is 0 Å². The number of benzene rings is 1. The van der Waals surface area contributed by atoms with E-state index in [4.69, 9.17) is 5.14 Å². The number of hydrogen-bond donors (Lipinski definition) is 1. The topological polar surface area (TPSA) is 80.5 Å². The summed E-state index contributed by atoms with van der Waals surface area (Å²) in [4.78, 5) is 13.1. The highest BCUT2D eigenvalue weighted by Gasteiger charge is 2.34. The van der Waals surface area contributed by atoms with Crippen molar-refractivity contribution in [2.45, 2.75) is 6.42 Å². The Labute approximate surface area is 118 Å². The van der Waals surface area contributed by atoms with Crippen LogP contribution in [0.4, 0.5) is 10.1 Å². The number of halogens is 2. The van der Waals surface area contributed by atoms with Crippen molar-refractivity contribution in [1.29, 1.82) is 0 Å². The van der Waals surface area contributed by atoms with Crippen LogP contribution in [-0.4, -0.2) is 26.6 Å². The highest BCUT2D eigenvalue weighted by molar-refractivity contribution is 9.10. The van der Waals surface area contributed by atoms with Crippen LogP contribution in [0.25, 0.3) is 0 Å². The number of hydrogen-bond acceptors (Lipinski definition) is 3. The lowest BCUT2D eigenvalue weighted by molar-refractivity contribution is -0.117. The summed E-state index contributed by atoms with van der Waals surface area (Å²) < 4.78 is 36.4. The quantitative estimate of drug-likeness (QED) is 0.890. The van der Waals surface area contributed by atoms with Crippen molar-refractivity contribution in [1.82, 2.24) is 0 Å². The van der Waals surface area contributed by atoms with Crippen LogP contribution in [-0.2, 0) is 14.8 Å². The minimum atomic E-state index is -3.64. The predicted molar refractivity (Wildman–Crippen MR) is 72.5 cm³/mol. The van der Waals surface area contributed by atoms with Crippen LogP contribution >= 0.6 is 15.9 Å². The third-order valence-electron chi connectivity index (χ3n) is 2.87. The third kappa shape index (κ3) is 3.52. The summed E-state index contributed by atoms with van der Waals surface area (Å²) in [7, 11) is -3.64. The summed E-state index contributed by atoms with van der Waals surface area (Å²) in [6, 6.07) is 4.27. The van der Waals surface area contributed by atoms with Crippen molar-refractivity contribution in [3.05, 3.63) is 28.5 Å². The van der Waals surface area contributed by atoms with Crippen molar-refractivity contribution in [2.75, 3.05) is 17.2 Å². The first-order valence-electron chi connectivity index (χ1n) is 5.52. The molecule has 104 valence electrons. The largest absolute Gasteiger partial charge is 0.309 e. The zero-order valence-corrected chi connectivity index (χ0v) is 12.2. The van der Waals surface area contributed by atoms with Gasteiger partial charge in [0.25, 0.3) is 0 Å². The van der Waals surface area contributed by atoms with Gasteiger partial charge in [0.05, 0.1) is 11.4 Å². The number of sulfonamides is 1. The molecule has 1 unspecified atom stereocenters. The molecule has 1 aliphatic heterocycles. The summed E-state index contributed by atoms with van der Waals surface area (Å²) >= 11 is 3.21. The van der Waals surface area contributed by atoms with Gasteiger partial charge in [0.2, 0.25) is 15.9 Å². The van der Waals surface area contributed by atoms with E-state index in [2.05, 4.69) is 15.9 Å². The van der Waals surface area contributed by atoms with Crippen LogP contribution in [0.2, 0.25) is 0 Å². The molecular weight excluding hydrogens is 339 g/mol. The van der Waals surface area contributed by atoms with E-state index in [-0.39, 0.29) is 30.3 Å². The molecular formula is C11H12BrFN2O3S. The van der Waals surface area contributed by atoms with E-state index < -0.39 is 21.8 Å². The Kier molecular flexibility index (Phi) is 3.93.